The first-order valence-electron chi connectivity index (χ1n) is 6.09. The minimum atomic E-state index is -0.608. The highest BCUT2D eigenvalue weighted by atomic mass is 79.9. The molecule has 0 fully saturated rings. The number of carbonyl (C=O) groups excluding carboxylic acids is 1. The molecule has 0 aliphatic carbocycles. The van der Waals surface area contributed by atoms with E-state index in [4.69, 9.17) is 4.74 Å². The van der Waals surface area contributed by atoms with Crippen molar-refractivity contribution < 1.29 is 14.6 Å². The van der Waals surface area contributed by atoms with Crippen molar-refractivity contribution in [3.05, 3.63) is 28.7 Å². The van der Waals surface area contributed by atoms with Crippen LogP contribution >= 0.6 is 15.9 Å². The first-order valence-corrected chi connectivity index (χ1v) is 6.89. The fourth-order valence-corrected chi connectivity index (χ4v) is 1.78. The molecule has 0 spiro atoms. The lowest BCUT2D eigenvalue weighted by molar-refractivity contribution is -0.120. The van der Waals surface area contributed by atoms with Gasteiger partial charge in [-0.15, -0.1) is 0 Å². The lowest BCUT2D eigenvalue weighted by Gasteiger charge is -2.13. The summed E-state index contributed by atoms with van der Waals surface area (Å²) in [6.07, 6.45) is -0.209. The molecule has 1 rings (SSSR count). The maximum atomic E-state index is 11.0. The van der Waals surface area contributed by atoms with Crippen molar-refractivity contribution in [3.63, 3.8) is 0 Å². The summed E-state index contributed by atoms with van der Waals surface area (Å²) in [6, 6.07) is 7.44. The summed E-state index contributed by atoms with van der Waals surface area (Å²) in [5.41, 5.74) is 0. The van der Waals surface area contributed by atoms with E-state index in [1.54, 1.807) is 7.05 Å². The zero-order valence-corrected chi connectivity index (χ0v) is 12.4. The smallest absolute Gasteiger partial charge is 0.221 e. The van der Waals surface area contributed by atoms with Crippen molar-refractivity contribution in [1.82, 2.24) is 10.6 Å². The van der Waals surface area contributed by atoms with Crippen LogP contribution in [-0.4, -0.2) is 43.9 Å². The number of nitrogens with one attached hydrogen (secondary N) is 2. The van der Waals surface area contributed by atoms with Crippen molar-refractivity contribution in [2.45, 2.75) is 12.5 Å². The monoisotopic (exact) mass is 330 g/mol. The van der Waals surface area contributed by atoms with Gasteiger partial charge in [0, 0.05) is 31.0 Å². The highest BCUT2D eigenvalue weighted by Crippen LogP contribution is 2.17. The predicted molar refractivity (Wildman–Crippen MR) is 77.2 cm³/mol. The van der Waals surface area contributed by atoms with E-state index < -0.39 is 6.10 Å². The molecule has 0 aromatic heterocycles. The van der Waals surface area contributed by atoms with E-state index >= 15 is 0 Å². The lowest BCUT2D eigenvalue weighted by atomic mass is 10.3. The summed E-state index contributed by atoms with van der Waals surface area (Å²) in [5.74, 6) is 0.686. The van der Waals surface area contributed by atoms with Gasteiger partial charge in [-0.2, -0.15) is 0 Å². The van der Waals surface area contributed by atoms with Crippen LogP contribution in [0.15, 0.2) is 28.7 Å². The maximum absolute atomic E-state index is 11.0. The van der Waals surface area contributed by atoms with Gasteiger partial charge in [0.15, 0.2) is 0 Å². The van der Waals surface area contributed by atoms with Crippen LogP contribution in [-0.2, 0) is 4.79 Å². The summed E-state index contributed by atoms with van der Waals surface area (Å²) < 4.78 is 6.38. The average Bonchev–Trinajstić information content (AvgIpc) is 2.41. The maximum Gasteiger partial charge on any atom is 0.221 e. The molecule has 1 amide bonds. The van der Waals surface area contributed by atoms with E-state index in [0.717, 1.165) is 4.47 Å². The largest absolute Gasteiger partial charge is 0.491 e. The van der Waals surface area contributed by atoms with E-state index in [-0.39, 0.29) is 12.5 Å². The minimum Gasteiger partial charge on any atom is -0.491 e. The van der Waals surface area contributed by atoms with Crippen LogP contribution in [0.4, 0.5) is 0 Å². The van der Waals surface area contributed by atoms with Crippen LogP contribution < -0.4 is 15.4 Å². The topological polar surface area (TPSA) is 70.6 Å². The molecule has 19 heavy (non-hydrogen) atoms. The Morgan fingerprint density at radius 2 is 2.32 bits per heavy atom. The van der Waals surface area contributed by atoms with E-state index in [1.807, 2.05) is 24.3 Å². The molecule has 0 radical (unpaired) electrons. The highest BCUT2D eigenvalue weighted by molar-refractivity contribution is 9.10. The van der Waals surface area contributed by atoms with Crippen molar-refractivity contribution in [2.75, 3.05) is 26.7 Å². The van der Waals surface area contributed by atoms with Gasteiger partial charge in [-0.1, -0.05) is 22.0 Å². The van der Waals surface area contributed by atoms with E-state index in [2.05, 4.69) is 26.6 Å². The summed E-state index contributed by atoms with van der Waals surface area (Å²) >= 11 is 3.35. The molecule has 5 nitrogen and oxygen atoms in total. The number of halogens is 1. The molecule has 0 saturated heterocycles. The SMILES string of the molecule is CNC(=O)CCNCC(O)COc1cccc(Br)c1. The third kappa shape index (κ3) is 7.15. The summed E-state index contributed by atoms with van der Waals surface area (Å²) in [6.45, 7) is 1.14. The van der Waals surface area contributed by atoms with Gasteiger partial charge in [-0.3, -0.25) is 4.79 Å². The third-order valence-corrected chi connectivity index (χ3v) is 2.92. The lowest BCUT2D eigenvalue weighted by Crippen LogP contribution is -2.33. The Labute approximate surface area is 121 Å². The van der Waals surface area contributed by atoms with Crippen LogP contribution in [0, 0.1) is 0 Å². The van der Waals surface area contributed by atoms with Gasteiger partial charge < -0.3 is 20.5 Å². The Morgan fingerprint density at radius 3 is 3.00 bits per heavy atom. The van der Waals surface area contributed by atoms with Crippen LogP contribution in [0.25, 0.3) is 0 Å². The molecule has 1 aromatic rings. The Balaban J connectivity index is 2.14. The molecule has 1 atom stereocenters. The first-order chi connectivity index (χ1) is 9.11. The van der Waals surface area contributed by atoms with Gasteiger partial charge in [0.2, 0.25) is 5.91 Å². The van der Waals surface area contributed by atoms with Gasteiger partial charge in [0.05, 0.1) is 0 Å². The third-order valence-electron chi connectivity index (χ3n) is 2.43. The van der Waals surface area contributed by atoms with Crippen molar-refractivity contribution in [1.29, 1.82) is 0 Å². The molecule has 0 bridgehead atoms. The second-order valence-corrected chi connectivity index (χ2v) is 4.97. The molecule has 1 aromatic carbocycles. The molecule has 106 valence electrons. The zero-order valence-electron chi connectivity index (χ0n) is 10.9. The number of benzene rings is 1. The van der Waals surface area contributed by atoms with Crippen molar-refractivity contribution in [2.24, 2.45) is 0 Å². The second-order valence-electron chi connectivity index (χ2n) is 4.05. The van der Waals surface area contributed by atoms with Crippen LogP contribution in [0.5, 0.6) is 5.75 Å². The first kappa shape index (κ1) is 15.9. The Hall–Kier alpha value is -1.11. The Kier molecular flexibility index (Phi) is 7.47. The Morgan fingerprint density at radius 1 is 1.53 bits per heavy atom. The normalized spacial score (nSPS) is 11.9. The molecule has 0 heterocycles. The number of hydrogen-bond acceptors (Lipinski definition) is 4. The fourth-order valence-electron chi connectivity index (χ4n) is 1.40. The summed E-state index contributed by atoms with van der Waals surface area (Å²) in [7, 11) is 1.60. The molecular formula is C13H19BrN2O3. The molecule has 1 unspecified atom stereocenters. The number of ether oxygens (including phenoxy) is 1. The van der Waals surface area contributed by atoms with E-state index in [1.165, 1.54) is 0 Å². The molecule has 0 aliphatic heterocycles. The quantitative estimate of drug-likeness (QED) is 0.620. The number of aliphatic hydroxyl groups excluding tert-OH is 1. The molecule has 0 aliphatic rings. The second kappa shape index (κ2) is 8.90. The standard InChI is InChI=1S/C13H19BrN2O3/c1-15-13(18)5-6-16-8-11(17)9-19-12-4-2-3-10(14)7-12/h2-4,7,11,16-17H,5-6,8-9H2,1H3,(H,15,18). The predicted octanol–water partition coefficient (Wildman–Crippen LogP) is 0.915. The number of hydrogen-bond donors (Lipinski definition) is 3. The van der Waals surface area contributed by atoms with Gasteiger partial charge >= 0.3 is 0 Å². The van der Waals surface area contributed by atoms with Gasteiger partial charge in [0.1, 0.15) is 18.5 Å². The average molecular weight is 331 g/mol. The number of carbonyl (C=O) groups is 1. The van der Waals surface area contributed by atoms with Gasteiger partial charge in [-0.05, 0) is 18.2 Å². The van der Waals surface area contributed by atoms with Crippen LogP contribution in [0.1, 0.15) is 6.42 Å². The zero-order chi connectivity index (χ0) is 14.1. The number of amides is 1. The molecule has 0 saturated carbocycles. The van der Waals surface area contributed by atoms with Crippen molar-refractivity contribution in [3.8, 4) is 5.75 Å². The van der Waals surface area contributed by atoms with Gasteiger partial charge in [-0.25, -0.2) is 0 Å². The van der Waals surface area contributed by atoms with Crippen molar-refractivity contribution >= 4 is 21.8 Å². The molecular weight excluding hydrogens is 312 g/mol. The van der Waals surface area contributed by atoms with Crippen LogP contribution in [0.3, 0.4) is 0 Å². The number of rotatable bonds is 8. The van der Waals surface area contributed by atoms with E-state index in [0.29, 0.717) is 25.3 Å². The molecule has 3 N–H and O–H groups in total. The highest BCUT2D eigenvalue weighted by Gasteiger charge is 2.05. The number of aliphatic hydroxyl groups is 1. The summed E-state index contributed by atoms with van der Waals surface area (Å²) in [5, 5.41) is 15.2. The molecule has 6 heteroatoms. The fraction of sp³-hybridized carbons (Fsp3) is 0.462. The van der Waals surface area contributed by atoms with E-state index in [9.17, 15) is 9.90 Å². The minimum absolute atomic E-state index is 0.0209. The van der Waals surface area contributed by atoms with Gasteiger partial charge in [0.25, 0.3) is 0 Å². The Bertz CT molecular complexity index is 401. The van der Waals surface area contributed by atoms with Crippen LogP contribution in [0.2, 0.25) is 0 Å². The summed E-state index contributed by atoms with van der Waals surface area (Å²) in [4.78, 5) is 11.0.